The fourth-order valence-electron chi connectivity index (χ4n) is 2.69. The third kappa shape index (κ3) is 2.59. The third-order valence-electron chi connectivity index (χ3n) is 3.67. The first-order chi connectivity index (χ1) is 9.48. The van der Waals surface area contributed by atoms with Gasteiger partial charge in [0.2, 0.25) is 0 Å². The van der Waals surface area contributed by atoms with Gasteiger partial charge in [0.15, 0.2) is 15.0 Å². The molecule has 2 aliphatic rings. The summed E-state index contributed by atoms with van der Waals surface area (Å²) in [5.41, 5.74) is 2.34. The number of thioether (sulfide) groups is 1. The van der Waals surface area contributed by atoms with Crippen LogP contribution in [0.15, 0.2) is 29.3 Å². The average molecular weight is 310 g/mol. The number of fused-ring (bicyclic) bond motifs is 1. The zero-order chi connectivity index (χ0) is 14.3. The van der Waals surface area contributed by atoms with Crippen LogP contribution in [0.1, 0.15) is 12.5 Å². The second-order valence-electron chi connectivity index (χ2n) is 5.30. The molecule has 0 aromatic heterocycles. The van der Waals surface area contributed by atoms with E-state index in [0.29, 0.717) is 0 Å². The Hall–Kier alpha value is -1.01. The molecule has 0 spiro atoms. The van der Waals surface area contributed by atoms with E-state index in [1.807, 2.05) is 6.07 Å². The smallest absolute Gasteiger partial charge is 0.164 e. The lowest BCUT2D eigenvalue weighted by atomic mass is 10.2. The molecule has 20 heavy (non-hydrogen) atoms. The SMILES string of the molecule is CCN(C1=NC2CS(=O)(=O)CC2S1)c1cccc(C)c1. The molecule has 2 atom stereocenters. The molecule has 2 aliphatic heterocycles. The normalized spacial score (nSPS) is 27.2. The van der Waals surface area contributed by atoms with Gasteiger partial charge in [0.1, 0.15) is 0 Å². The van der Waals surface area contributed by atoms with E-state index >= 15 is 0 Å². The van der Waals surface area contributed by atoms with Crippen molar-refractivity contribution in [3.8, 4) is 0 Å². The summed E-state index contributed by atoms with van der Waals surface area (Å²) in [5.74, 6) is 0.472. The maximum Gasteiger partial charge on any atom is 0.164 e. The monoisotopic (exact) mass is 310 g/mol. The highest BCUT2D eigenvalue weighted by atomic mass is 32.2. The summed E-state index contributed by atoms with van der Waals surface area (Å²) >= 11 is 1.61. The molecule has 1 aromatic carbocycles. The highest BCUT2D eigenvalue weighted by Gasteiger charge is 2.43. The molecular formula is C14H18N2O2S2. The van der Waals surface area contributed by atoms with Gasteiger partial charge in [-0.25, -0.2) is 8.42 Å². The Labute approximate surface area is 124 Å². The van der Waals surface area contributed by atoms with Gasteiger partial charge in [0.05, 0.1) is 17.5 Å². The van der Waals surface area contributed by atoms with Gasteiger partial charge in [-0.2, -0.15) is 0 Å². The van der Waals surface area contributed by atoms with E-state index in [1.54, 1.807) is 11.8 Å². The number of aryl methyl sites for hydroxylation is 1. The second-order valence-corrected chi connectivity index (χ2v) is 8.66. The Balaban J connectivity index is 1.86. The van der Waals surface area contributed by atoms with Gasteiger partial charge in [0.25, 0.3) is 0 Å². The van der Waals surface area contributed by atoms with Gasteiger partial charge in [-0.15, -0.1) is 0 Å². The predicted molar refractivity (Wildman–Crippen MR) is 85.5 cm³/mol. The molecule has 6 heteroatoms. The molecule has 4 nitrogen and oxygen atoms in total. The Morgan fingerprint density at radius 1 is 1.40 bits per heavy atom. The molecule has 0 N–H and O–H groups in total. The first-order valence-corrected chi connectivity index (χ1v) is 9.48. The molecule has 0 amide bonds. The number of rotatable bonds is 2. The molecule has 0 saturated carbocycles. The summed E-state index contributed by atoms with van der Waals surface area (Å²) in [7, 11) is -2.88. The number of hydrogen-bond acceptors (Lipinski definition) is 5. The summed E-state index contributed by atoms with van der Waals surface area (Å²) in [6.07, 6.45) is 0. The highest BCUT2D eigenvalue weighted by Crippen LogP contribution is 2.36. The van der Waals surface area contributed by atoms with Crippen LogP contribution in [0.5, 0.6) is 0 Å². The molecule has 1 fully saturated rings. The van der Waals surface area contributed by atoms with Gasteiger partial charge >= 0.3 is 0 Å². The molecular weight excluding hydrogens is 292 g/mol. The number of nitrogens with zero attached hydrogens (tertiary/aromatic N) is 2. The lowest BCUT2D eigenvalue weighted by molar-refractivity contribution is 0.601. The fourth-order valence-corrected chi connectivity index (χ4v) is 6.54. The largest absolute Gasteiger partial charge is 0.321 e. The van der Waals surface area contributed by atoms with E-state index in [2.05, 4.69) is 41.9 Å². The summed E-state index contributed by atoms with van der Waals surface area (Å²) in [6.45, 7) is 5.00. The molecule has 0 aliphatic carbocycles. The van der Waals surface area contributed by atoms with Gasteiger partial charge < -0.3 is 4.90 Å². The van der Waals surface area contributed by atoms with E-state index in [0.717, 1.165) is 17.4 Å². The summed E-state index contributed by atoms with van der Waals surface area (Å²) < 4.78 is 23.2. The number of aliphatic imine (C=N–C) groups is 1. The van der Waals surface area contributed by atoms with Crippen molar-refractivity contribution in [3.05, 3.63) is 29.8 Å². The van der Waals surface area contributed by atoms with Gasteiger partial charge in [-0.05, 0) is 31.5 Å². The van der Waals surface area contributed by atoms with Crippen molar-refractivity contribution in [1.82, 2.24) is 0 Å². The third-order valence-corrected chi connectivity index (χ3v) is 6.91. The van der Waals surface area contributed by atoms with E-state index in [4.69, 9.17) is 0 Å². The van der Waals surface area contributed by atoms with Crippen molar-refractivity contribution >= 4 is 32.5 Å². The van der Waals surface area contributed by atoms with E-state index in [-0.39, 0.29) is 22.8 Å². The van der Waals surface area contributed by atoms with Crippen LogP contribution >= 0.6 is 11.8 Å². The van der Waals surface area contributed by atoms with Gasteiger partial charge in [-0.3, -0.25) is 4.99 Å². The summed E-state index contributed by atoms with van der Waals surface area (Å²) in [6, 6.07) is 8.27. The van der Waals surface area contributed by atoms with Crippen molar-refractivity contribution in [2.24, 2.45) is 4.99 Å². The van der Waals surface area contributed by atoms with Crippen molar-refractivity contribution in [3.63, 3.8) is 0 Å². The van der Waals surface area contributed by atoms with Crippen LogP contribution < -0.4 is 4.90 Å². The van der Waals surface area contributed by atoms with Crippen molar-refractivity contribution in [2.45, 2.75) is 25.1 Å². The Bertz CT molecular complexity index is 655. The zero-order valence-electron chi connectivity index (χ0n) is 11.6. The molecule has 2 heterocycles. The lowest BCUT2D eigenvalue weighted by Crippen LogP contribution is -2.28. The molecule has 1 aromatic rings. The van der Waals surface area contributed by atoms with Crippen LogP contribution in [0.3, 0.4) is 0 Å². The van der Waals surface area contributed by atoms with Crippen LogP contribution in [0.4, 0.5) is 5.69 Å². The zero-order valence-corrected chi connectivity index (χ0v) is 13.2. The Morgan fingerprint density at radius 2 is 2.20 bits per heavy atom. The maximum absolute atomic E-state index is 11.6. The van der Waals surface area contributed by atoms with Gasteiger partial charge in [0, 0.05) is 17.5 Å². The number of benzene rings is 1. The first-order valence-electron chi connectivity index (χ1n) is 6.77. The standard InChI is InChI=1S/C14H18N2O2S2/c1-3-16(11-6-4-5-10(2)7-11)14-15-12-8-20(17,18)9-13(12)19-14/h4-7,12-13H,3,8-9H2,1-2H3. The average Bonchev–Trinajstić information content (AvgIpc) is 2.83. The van der Waals surface area contributed by atoms with Crippen LogP contribution in [-0.4, -0.2) is 42.9 Å². The van der Waals surface area contributed by atoms with Crippen LogP contribution in [0, 0.1) is 6.92 Å². The Morgan fingerprint density at radius 3 is 2.85 bits per heavy atom. The summed E-state index contributed by atoms with van der Waals surface area (Å²) in [5, 5.41) is 1.07. The topological polar surface area (TPSA) is 49.7 Å². The minimum atomic E-state index is -2.88. The van der Waals surface area contributed by atoms with E-state index < -0.39 is 9.84 Å². The minimum Gasteiger partial charge on any atom is -0.321 e. The number of amidine groups is 1. The highest BCUT2D eigenvalue weighted by molar-refractivity contribution is 8.15. The molecule has 3 rings (SSSR count). The lowest BCUT2D eigenvalue weighted by Gasteiger charge is -2.23. The molecule has 2 unspecified atom stereocenters. The second kappa shape index (κ2) is 5.07. The quantitative estimate of drug-likeness (QED) is 0.839. The van der Waals surface area contributed by atoms with Crippen LogP contribution in [-0.2, 0) is 9.84 Å². The van der Waals surface area contributed by atoms with Crippen LogP contribution in [0.2, 0.25) is 0 Å². The molecule has 0 bridgehead atoms. The predicted octanol–water partition coefficient (Wildman–Crippen LogP) is 2.09. The number of hydrogen-bond donors (Lipinski definition) is 0. The number of sulfone groups is 1. The van der Waals surface area contributed by atoms with E-state index in [1.165, 1.54) is 5.56 Å². The maximum atomic E-state index is 11.6. The fraction of sp³-hybridized carbons (Fsp3) is 0.500. The van der Waals surface area contributed by atoms with Crippen molar-refractivity contribution in [2.75, 3.05) is 23.0 Å². The minimum absolute atomic E-state index is 0.0566. The van der Waals surface area contributed by atoms with Crippen molar-refractivity contribution in [1.29, 1.82) is 0 Å². The van der Waals surface area contributed by atoms with Crippen LogP contribution in [0.25, 0.3) is 0 Å². The first kappa shape index (κ1) is 13.9. The number of anilines is 1. The van der Waals surface area contributed by atoms with Crippen molar-refractivity contribution < 1.29 is 8.42 Å². The summed E-state index contributed by atoms with van der Waals surface area (Å²) in [4.78, 5) is 6.82. The molecule has 108 valence electrons. The van der Waals surface area contributed by atoms with E-state index in [9.17, 15) is 8.42 Å². The molecule has 1 saturated heterocycles. The van der Waals surface area contributed by atoms with Gasteiger partial charge in [-0.1, -0.05) is 23.9 Å². The molecule has 0 radical (unpaired) electrons. The Kier molecular flexibility index (Phi) is 3.54.